The van der Waals surface area contributed by atoms with Crippen LogP contribution in [0.15, 0.2) is 34.8 Å². The van der Waals surface area contributed by atoms with Crippen LogP contribution in [-0.4, -0.2) is 38.6 Å². The van der Waals surface area contributed by atoms with Crippen LogP contribution < -0.4 is 5.32 Å². The lowest BCUT2D eigenvalue weighted by atomic mass is 10.2. The highest BCUT2D eigenvalue weighted by molar-refractivity contribution is 9.10. The molecule has 0 radical (unpaired) electrons. The summed E-state index contributed by atoms with van der Waals surface area (Å²) < 4.78 is 1.12. The molecule has 2 rings (SSSR count). The molecule has 1 aromatic carbocycles. The highest BCUT2D eigenvalue weighted by Gasteiger charge is 1.93. The van der Waals surface area contributed by atoms with Crippen molar-refractivity contribution in [3.63, 3.8) is 0 Å². The standard InChI is InChI=1S/C11H14BrN.C5H11N.2ClH/c1-13(2)9-3-4-10-5-7-11(12)8-6-10;1-2-4-6-5-3-1;;/h3-8H,9H2,1-2H3;6H,1-5H2;2*1H/b4-3+;;;. The monoisotopic (exact) mass is 396 g/mol. The maximum absolute atomic E-state index is 3.40. The van der Waals surface area contributed by atoms with Gasteiger partial charge in [-0.2, -0.15) is 0 Å². The van der Waals surface area contributed by atoms with Gasteiger partial charge in [0.15, 0.2) is 0 Å². The van der Waals surface area contributed by atoms with Gasteiger partial charge in [0.25, 0.3) is 0 Å². The molecule has 1 N–H and O–H groups in total. The Morgan fingerprint density at radius 3 is 2.00 bits per heavy atom. The van der Waals surface area contributed by atoms with E-state index in [2.05, 4.69) is 76.7 Å². The Morgan fingerprint density at radius 2 is 1.62 bits per heavy atom. The predicted octanol–water partition coefficient (Wildman–Crippen LogP) is 4.63. The van der Waals surface area contributed by atoms with Crippen LogP contribution in [0.3, 0.4) is 0 Å². The van der Waals surface area contributed by atoms with E-state index in [-0.39, 0.29) is 24.8 Å². The van der Waals surface area contributed by atoms with Crippen molar-refractivity contribution in [2.24, 2.45) is 0 Å². The number of rotatable bonds is 3. The van der Waals surface area contributed by atoms with E-state index in [0.717, 1.165) is 11.0 Å². The number of halogens is 3. The summed E-state index contributed by atoms with van der Waals surface area (Å²) in [6.45, 7) is 3.48. The van der Waals surface area contributed by atoms with Crippen molar-refractivity contribution in [1.29, 1.82) is 0 Å². The average Bonchev–Trinajstić information content (AvgIpc) is 2.43. The first-order valence-corrected chi connectivity index (χ1v) is 7.75. The smallest absolute Gasteiger partial charge is 0.0175 e. The van der Waals surface area contributed by atoms with Crippen molar-refractivity contribution in [2.75, 3.05) is 33.7 Å². The minimum Gasteiger partial charge on any atom is -0.317 e. The summed E-state index contributed by atoms with van der Waals surface area (Å²) in [5.41, 5.74) is 1.24. The molecule has 5 heteroatoms. The van der Waals surface area contributed by atoms with Gasteiger partial charge in [0, 0.05) is 11.0 Å². The molecule has 0 saturated carbocycles. The van der Waals surface area contributed by atoms with Crippen molar-refractivity contribution in [1.82, 2.24) is 10.2 Å². The van der Waals surface area contributed by atoms with E-state index >= 15 is 0 Å². The van der Waals surface area contributed by atoms with Crippen molar-refractivity contribution in [2.45, 2.75) is 19.3 Å². The Morgan fingerprint density at radius 1 is 1.05 bits per heavy atom. The molecule has 0 spiro atoms. The largest absolute Gasteiger partial charge is 0.317 e. The van der Waals surface area contributed by atoms with Crippen molar-refractivity contribution in [3.8, 4) is 0 Å². The maximum Gasteiger partial charge on any atom is 0.0175 e. The van der Waals surface area contributed by atoms with Gasteiger partial charge in [0.2, 0.25) is 0 Å². The molecule has 1 aliphatic heterocycles. The van der Waals surface area contributed by atoms with Gasteiger partial charge >= 0.3 is 0 Å². The molecule has 122 valence electrons. The lowest BCUT2D eigenvalue weighted by Crippen LogP contribution is -2.21. The van der Waals surface area contributed by atoms with Crippen LogP contribution in [0.25, 0.3) is 6.08 Å². The summed E-state index contributed by atoms with van der Waals surface area (Å²) in [5, 5.41) is 3.28. The van der Waals surface area contributed by atoms with E-state index < -0.39 is 0 Å². The Bertz CT molecular complexity index is 352. The van der Waals surface area contributed by atoms with E-state index in [1.807, 2.05) is 0 Å². The molecule has 1 aliphatic rings. The average molecular weight is 398 g/mol. The summed E-state index contributed by atoms with van der Waals surface area (Å²) in [7, 11) is 4.12. The number of hydrogen-bond donors (Lipinski definition) is 1. The molecule has 1 fully saturated rings. The summed E-state index contributed by atoms with van der Waals surface area (Å²) in [4.78, 5) is 2.13. The third kappa shape index (κ3) is 13.3. The minimum atomic E-state index is 0. The third-order valence-corrected chi connectivity index (χ3v) is 3.39. The van der Waals surface area contributed by atoms with E-state index in [0.29, 0.717) is 0 Å². The fourth-order valence-electron chi connectivity index (χ4n) is 1.78. The predicted molar refractivity (Wildman–Crippen MR) is 103 cm³/mol. The molecule has 21 heavy (non-hydrogen) atoms. The zero-order chi connectivity index (χ0) is 13.9. The second-order valence-electron chi connectivity index (χ2n) is 5.03. The third-order valence-electron chi connectivity index (χ3n) is 2.86. The Labute approximate surface area is 150 Å². The molecule has 0 amide bonds. The highest BCUT2D eigenvalue weighted by Crippen LogP contribution is 2.11. The van der Waals surface area contributed by atoms with Crippen molar-refractivity contribution < 1.29 is 0 Å². The number of likely N-dealkylation sites (N-methyl/N-ethyl adjacent to an activating group) is 1. The van der Waals surface area contributed by atoms with Gasteiger partial charge in [-0.15, -0.1) is 24.8 Å². The lowest BCUT2D eigenvalue weighted by Gasteiger charge is -2.08. The van der Waals surface area contributed by atoms with Crippen LogP contribution in [0.2, 0.25) is 0 Å². The van der Waals surface area contributed by atoms with Crippen LogP contribution in [0.4, 0.5) is 0 Å². The molecular weight excluding hydrogens is 371 g/mol. The van der Waals surface area contributed by atoms with Crippen molar-refractivity contribution >= 4 is 46.8 Å². The van der Waals surface area contributed by atoms with Gasteiger partial charge in [-0.25, -0.2) is 0 Å². The van der Waals surface area contributed by atoms with Crippen LogP contribution in [0.1, 0.15) is 24.8 Å². The fourth-order valence-corrected chi connectivity index (χ4v) is 2.04. The maximum atomic E-state index is 3.40. The van der Waals surface area contributed by atoms with E-state index in [4.69, 9.17) is 0 Å². The molecule has 1 heterocycles. The van der Waals surface area contributed by atoms with Gasteiger partial charge < -0.3 is 10.2 Å². The molecule has 0 bridgehead atoms. The summed E-state index contributed by atoms with van der Waals surface area (Å²) in [5.74, 6) is 0. The first-order valence-electron chi connectivity index (χ1n) is 6.96. The first kappa shape index (κ1) is 23.2. The molecule has 0 unspecified atom stereocenters. The second-order valence-corrected chi connectivity index (χ2v) is 5.94. The zero-order valence-corrected chi connectivity index (χ0v) is 16.1. The quantitative estimate of drug-likeness (QED) is 0.799. The minimum absolute atomic E-state index is 0. The van der Waals surface area contributed by atoms with E-state index in [1.54, 1.807) is 0 Å². The topological polar surface area (TPSA) is 15.3 Å². The number of hydrogen-bond acceptors (Lipinski definition) is 2. The normalized spacial score (nSPS) is 13.9. The Hall–Kier alpha value is -0.0600. The summed E-state index contributed by atoms with van der Waals surface area (Å²) >= 11 is 3.40. The van der Waals surface area contributed by atoms with Gasteiger partial charge in [0.05, 0.1) is 0 Å². The second kappa shape index (κ2) is 14.9. The van der Waals surface area contributed by atoms with Gasteiger partial charge in [-0.1, -0.05) is 46.6 Å². The molecule has 1 aromatic rings. The first-order chi connectivity index (χ1) is 9.18. The van der Waals surface area contributed by atoms with E-state index in [1.165, 1.54) is 37.9 Å². The van der Waals surface area contributed by atoms with E-state index in [9.17, 15) is 0 Å². The molecular formula is C16H27BrCl2N2. The fraction of sp³-hybridized carbons (Fsp3) is 0.500. The zero-order valence-electron chi connectivity index (χ0n) is 12.8. The summed E-state index contributed by atoms with van der Waals surface area (Å²) in [6.07, 6.45) is 8.50. The number of nitrogens with one attached hydrogen (secondary N) is 1. The summed E-state index contributed by atoms with van der Waals surface area (Å²) in [6, 6.07) is 8.29. The van der Waals surface area contributed by atoms with Crippen LogP contribution in [-0.2, 0) is 0 Å². The molecule has 1 saturated heterocycles. The number of nitrogens with zero attached hydrogens (tertiary/aromatic N) is 1. The van der Waals surface area contributed by atoms with Gasteiger partial charge in [-0.05, 0) is 57.7 Å². The van der Waals surface area contributed by atoms with Crippen LogP contribution in [0, 0.1) is 0 Å². The van der Waals surface area contributed by atoms with Crippen LogP contribution in [0.5, 0.6) is 0 Å². The number of benzene rings is 1. The molecule has 2 nitrogen and oxygen atoms in total. The molecule has 0 aliphatic carbocycles. The Balaban J connectivity index is 0. The van der Waals surface area contributed by atoms with Crippen LogP contribution >= 0.6 is 40.7 Å². The van der Waals surface area contributed by atoms with Crippen molar-refractivity contribution in [3.05, 3.63) is 40.4 Å². The molecule has 0 aromatic heterocycles. The SMILES string of the molecule is C1CCNCC1.CN(C)C/C=C/c1ccc(Br)cc1.Cl.Cl. The van der Waals surface area contributed by atoms with Gasteiger partial charge in [-0.3, -0.25) is 0 Å². The lowest BCUT2D eigenvalue weighted by molar-refractivity contribution is 0.457. The number of piperidine rings is 1. The highest BCUT2D eigenvalue weighted by atomic mass is 79.9. The van der Waals surface area contributed by atoms with Gasteiger partial charge in [0.1, 0.15) is 0 Å². The Kier molecular flexibility index (Phi) is 16.4. The molecule has 0 atom stereocenters.